The normalized spacial score (nSPS) is 19.6. The van der Waals surface area contributed by atoms with Crippen molar-refractivity contribution in [2.75, 3.05) is 6.54 Å². The van der Waals surface area contributed by atoms with Crippen LogP contribution in [0.5, 0.6) is 0 Å². The molecule has 1 saturated heterocycles. The quantitative estimate of drug-likeness (QED) is 0.837. The highest BCUT2D eigenvalue weighted by Gasteiger charge is 2.18. The average molecular weight is 284 g/mol. The Labute approximate surface area is 125 Å². The third-order valence-corrected chi connectivity index (χ3v) is 4.31. The second kappa shape index (κ2) is 6.35. The molecule has 0 spiro atoms. The van der Waals surface area contributed by atoms with Crippen molar-refractivity contribution < 1.29 is 4.39 Å². The molecule has 0 radical (unpaired) electrons. The van der Waals surface area contributed by atoms with Gasteiger partial charge in [-0.3, -0.25) is 9.88 Å². The molecule has 2 nitrogen and oxygen atoms in total. The maximum atomic E-state index is 13.9. The van der Waals surface area contributed by atoms with Gasteiger partial charge in [0.2, 0.25) is 0 Å². The van der Waals surface area contributed by atoms with Crippen molar-refractivity contribution in [2.24, 2.45) is 0 Å². The summed E-state index contributed by atoms with van der Waals surface area (Å²) in [4.78, 5) is 6.79. The molecule has 0 saturated carbocycles. The van der Waals surface area contributed by atoms with Crippen LogP contribution in [0.15, 0.2) is 42.7 Å². The van der Waals surface area contributed by atoms with Gasteiger partial charge in [-0.2, -0.15) is 0 Å². The second-order valence-corrected chi connectivity index (χ2v) is 5.88. The summed E-state index contributed by atoms with van der Waals surface area (Å²) >= 11 is 0. The van der Waals surface area contributed by atoms with E-state index in [2.05, 4.69) is 22.9 Å². The van der Waals surface area contributed by atoms with Crippen molar-refractivity contribution in [2.45, 2.75) is 38.8 Å². The molecular formula is C18H21FN2. The van der Waals surface area contributed by atoms with E-state index in [1.54, 1.807) is 18.3 Å². The van der Waals surface area contributed by atoms with Crippen molar-refractivity contribution in [3.8, 4) is 11.1 Å². The molecule has 3 rings (SSSR count). The van der Waals surface area contributed by atoms with Gasteiger partial charge >= 0.3 is 0 Å². The van der Waals surface area contributed by atoms with Crippen LogP contribution in [0, 0.1) is 5.82 Å². The SMILES string of the molecule is C[C@@H]1CCCCN1Cc1cncc(-c2ccccc2F)c1. The fourth-order valence-electron chi connectivity index (χ4n) is 3.04. The van der Waals surface area contributed by atoms with Crippen LogP contribution in [0.4, 0.5) is 4.39 Å². The summed E-state index contributed by atoms with van der Waals surface area (Å²) in [5.41, 5.74) is 2.64. The van der Waals surface area contributed by atoms with E-state index in [0.29, 0.717) is 11.6 Å². The molecule has 2 heterocycles. The van der Waals surface area contributed by atoms with Crippen LogP contribution in [-0.2, 0) is 6.54 Å². The van der Waals surface area contributed by atoms with Crippen molar-refractivity contribution in [3.63, 3.8) is 0 Å². The molecule has 2 aromatic rings. The number of likely N-dealkylation sites (tertiary alicyclic amines) is 1. The van der Waals surface area contributed by atoms with Gasteiger partial charge in [-0.15, -0.1) is 0 Å². The summed E-state index contributed by atoms with van der Waals surface area (Å²) < 4.78 is 13.9. The first-order valence-corrected chi connectivity index (χ1v) is 7.67. The molecular weight excluding hydrogens is 263 g/mol. The Morgan fingerprint density at radius 1 is 1.24 bits per heavy atom. The number of hydrogen-bond donors (Lipinski definition) is 0. The van der Waals surface area contributed by atoms with Crippen molar-refractivity contribution in [3.05, 3.63) is 54.1 Å². The molecule has 0 bridgehead atoms. The van der Waals surface area contributed by atoms with Gasteiger partial charge in [-0.25, -0.2) is 4.39 Å². The minimum Gasteiger partial charge on any atom is -0.296 e. The van der Waals surface area contributed by atoms with E-state index in [1.807, 2.05) is 12.3 Å². The summed E-state index contributed by atoms with van der Waals surface area (Å²) in [5.74, 6) is -0.192. The van der Waals surface area contributed by atoms with E-state index in [4.69, 9.17) is 0 Å². The van der Waals surface area contributed by atoms with Gasteiger partial charge in [0.15, 0.2) is 0 Å². The minimum absolute atomic E-state index is 0.192. The first-order valence-electron chi connectivity index (χ1n) is 7.67. The Balaban J connectivity index is 1.82. The van der Waals surface area contributed by atoms with Gasteiger partial charge in [0.1, 0.15) is 5.82 Å². The smallest absolute Gasteiger partial charge is 0.131 e. The van der Waals surface area contributed by atoms with Crippen LogP contribution in [0.25, 0.3) is 11.1 Å². The Bertz CT molecular complexity index is 612. The van der Waals surface area contributed by atoms with E-state index >= 15 is 0 Å². The maximum absolute atomic E-state index is 13.9. The molecule has 21 heavy (non-hydrogen) atoms. The molecule has 0 N–H and O–H groups in total. The van der Waals surface area contributed by atoms with E-state index in [0.717, 1.165) is 24.2 Å². The predicted octanol–water partition coefficient (Wildman–Crippen LogP) is 4.26. The summed E-state index contributed by atoms with van der Waals surface area (Å²) in [6, 6.07) is 9.56. The number of hydrogen-bond acceptors (Lipinski definition) is 2. The van der Waals surface area contributed by atoms with Gasteiger partial charge in [0.25, 0.3) is 0 Å². The predicted molar refractivity (Wildman–Crippen MR) is 83.4 cm³/mol. The van der Waals surface area contributed by atoms with Gasteiger partial charge in [-0.1, -0.05) is 24.6 Å². The summed E-state index contributed by atoms with van der Waals surface area (Å²) in [6.45, 7) is 4.33. The average Bonchev–Trinajstić information content (AvgIpc) is 2.50. The highest BCUT2D eigenvalue weighted by Crippen LogP contribution is 2.24. The largest absolute Gasteiger partial charge is 0.296 e. The molecule has 1 aromatic carbocycles. The zero-order chi connectivity index (χ0) is 14.7. The number of nitrogens with zero attached hydrogens (tertiary/aromatic N) is 2. The fourth-order valence-corrected chi connectivity index (χ4v) is 3.04. The van der Waals surface area contributed by atoms with E-state index < -0.39 is 0 Å². The first-order chi connectivity index (χ1) is 10.2. The number of pyridine rings is 1. The van der Waals surface area contributed by atoms with Crippen LogP contribution < -0.4 is 0 Å². The Morgan fingerprint density at radius 2 is 2.10 bits per heavy atom. The summed E-state index contributed by atoms with van der Waals surface area (Å²) in [6.07, 6.45) is 7.49. The van der Waals surface area contributed by atoms with Crippen LogP contribution in [0.1, 0.15) is 31.7 Å². The van der Waals surface area contributed by atoms with Crippen LogP contribution in [-0.4, -0.2) is 22.5 Å². The molecule has 1 aliphatic rings. The fraction of sp³-hybridized carbons (Fsp3) is 0.389. The Hall–Kier alpha value is -1.74. The third-order valence-electron chi connectivity index (χ3n) is 4.31. The number of aromatic nitrogens is 1. The van der Waals surface area contributed by atoms with Crippen LogP contribution in [0.3, 0.4) is 0 Å². The molecule has 1 aromatic heterocycles. The molecule has 1 fully saturated rings. The number of benzene rings is 1. The van der Waals surface area contributed by atoms with E-state index in [9.17, 15) is 4.39 Å². The Kier molecular flexibility index (Phi) is 4.30. The van der Waals surface area contributed by atoms with Crippen molar-refractivity contribution in [1.29, 1.82) is 0 Å². The lowest BCUT2D eigenvalue weighted by atomic mass is 10.0. The van der Waals surface area contributed by atoms with Crippen molar-refractivity contribution >= 4 is 0 Å². The van der Waals surface area contributed by atoms with Gasteiger partial charge in [-0.05, 0) is 44.0 Å². The lowest BCUT2D eigenvalue weighted by Crippen LogP contribution is -2.36. The molecule has 1 atom stereocenters. The Morgan fingerprint density at radius 3 is 2.90 bits per heavy atom. The lowest BCUT2D eigenvalue weighted by Gasteiger charge is -2.33. The zero-order valence-corrected chi connectivity index (χ0v) is 12.4. The minimum atomic E-state index is -0.192. The highest BCUT2D eigenvalue weighted by molar-refractivity contribution is 5.63. The zero-order valence-electron chi connectivity index (χ0n) is 12.4. The van der Waals surface area contributed by atoms with Crippen LogP contribution >= 0.6 is 0 Å². The number of rotatable bonds is 3. The molecule has 3 heteroatoms. The molecule has 0 unspecified atom stereocenters. The van der Waals surface area contributed by atoms with Crippen LogP contribution in [0.2, 0.25) is 0 Å². The maximum Gasteiger partial charge on any atom is 0.131 e. The van der Waals surface area contributed by atoms with Gasteiger partial charge < -0.3 is 0 Å². The number of halogens is 1. The highest BCUT2D eigenvalue weighted by atomic mass is 19.1. The monoisotopic (exact) mass is 284 g/mol. The van der Waals surface area contributed by atoms with Gasteiger partial charge in [0.05, 0.1) is 0 Å². The summed E-state index contributed by atoms with van der Waals surface area (Å²) in [5, 5.41) is 0. The lowest BCUT2D eigenvalue weighted by molar-refractivity contribution is 0.152. The molecule has 0 aliphatic carbocycles. The third kappa shape index (κ3) is 3.30. The number of piperidine rings is 1. The van der Waals surface area contributed by atoms with Gasteiger partial charge in [0, 0.05) is 36.1 Å². The molecule has 110 valence electrons. The topological polar surface area (TPSA) is 16.1 Å². The molecule has 0 amide bonds. The molecule has 1 aliphatic heterocycles. The van der Waals surface area contributed by atoms with Crippen molar-refractivity contribution in [1.82, 2.24) is 9.88 Å². The summed E-state index contributed by atoms with van der Waals surface area (Å²) in [7, 11) is 0. The second-order valence-electron chi connectivity index (χ2n) is 5.88. The standard InChI is InChI=1S/C18H21FN2/c1-14-6-4-5-9-21(14)13-15-10-16(12-20-11-15)17-7-2-3-8-18(17)19/h2-3,7-8,10-12,14H,4-6,9,13H2,1H3/t14-/m1/s1. The van der Waals surface area contributed by atoms with E-state index in [-0.39, 0.29) is 5.82 Å². The van der Waals surface area contributed by atoms with E-state index in [1.165, 1.54) is 25.3 Å². The first kappa shape index (κ1) is 14.2.